The topological polar surface area (TPSA) is 92.7 Å². The van der Waals surface area contributed by atoms with Gasteiger partial charge in [-0.2, -0.15) is 0 Å². The molecule has 2 aliphatic rings. The second kappa shape index (κ2) is 9.06. The van der Waals surface area contributed by atoms with E-state index >= 15 is 0 Å². The fourth-order valence-electron chi connectivity index (χ4n) is 4.50. The van der Waals surface area contributed by atoms with Crippen LogP contribution in [0.1, 0.15) is 28.8 Å². The number of aromatic nitrogens is 2. The molecular formula is C25H26N4O4S. The van der Waals surface area contributed by atoms with Crippen molar-refractivity contribution in [2.45, 2.75) is 30.3 Å². The summed E-state index contributed by atoms with van der Waals surface area (Å²) in [6.07, 6.45) is 4.90. The number of carbonyl (C=O) groups excluding carboxylic acids is 1. The zero-order valence-corrected chi connectivity index (χ0v) is 19.7. The predicted molar refractivity (Wildman–Crippen MR) is 128 cm³/mol. The van der Waals surface area contributed by atoms with Crippen molar-refractivity contribution in [3.63, 3.8) is 0 Å². The molecule has 3 aromatic rings. The summed E-state index contributed by atoms with van der Waals surface area (Å²) in [5, 5.41) is 0. The number of piperidine rings is 1. The third-order valence-corrected chi connectivity index (χ3v) is 7.43. The number of anilines is 2. The summed E-state index contributed by atoms with van der Waals surface area (Å²) in [6, 6.07) is 16.4. The standard InChI is InChI=1S/C25H26N4O4S/c1-34(31,32)21-7-8-22-19(15-21)9-14-29(22)23-16-24(27-17-26-23)33-20-10-12-28(13-11-20)25(30)18-5-3-2-4-6-18/h2-8,15-17,20H,9-14H2,1H3. The Bertz CT molecular complexity index is 1310. The highest BCUT2D eigenvalue weighted by Crippen LogP contribution is 2.35. The Morgan fingerprint density at radius 3 is 2.50 bits per heavy atom. The molecule has 3 heterocycles. The first-order chi connectivity index (χ1) is 16.4. The molecule has 0 bridgehead atoms. The Labute approximate surface area is 199 Å². The maximum Gasteiger partial charge on any atom is 0.253 e. The minimum atomic E-state index is -3.24. The Kier molecular flexibility index (Phi) is 5.95. The number of hydrogen-bond donors (Lipinski definition) is 0. The Morgan fingerprint density at radius 2 is 1.76 bits per heavy atom. The molecule has 1 saturated heterocycles. The molecule has 34 heavy (non-hydrogen) atoms. The van der Waals surface area contributed by atoms with Gasteiger partial charge in [0.25, 0.3) is 5.91 Å². The molecule has 9 heteroatoms. The minimum absolute atomic E-state index is 0.0224. The van der Waals surface area contributed by atoms with Crippen LogP contribution in [-0.2, 0) is 16.3 Å². The average Bonchev–Trinajstić information content (AvgIpc) is 3.28. The highest BCUT2D eigenvalue weighted by molar-refractivity contribution is 7.90. The van der Waals surface area contributed by atoms with E-state index in [-0.39, 0.29) is 12.0 Å². The smallest absolute Gasteiger partial charge is 0.253 e. The van der Waals surface area contributed by atoms with E-state index in [1.165, 1.54) is 12.6 Å². The summed E-state index contributed by atoms with van der Waals surface area (Å²) in [7, 11) is -3.24. The number of likely N-dealkylation sites (tertiary alicyclic amines) is 1. The molecule has 0 radical (unpaired) electrons. The molecule has 0 N–H and O–H groups in total. The molecule has 0 unspecified atom stereocenters. The molecule has 1 amide bonds. The second-order valence-electron chi connectivity index (χ2n) is 8.65. The third-order valence-electron chi connectivity index (χ3n) is 6.32. The zero-order valence-electron chi connectivity index (χ0n) is 18.9. The van der Waals surface area contributed by atoms with E-state index in [2.05, 4.69) is 14.9 Å². The van der Waals surface area contributed by atoms with Gasteiger partial charge < -0.3 is 14.5 Å². The fourth-order valence-corrected chi connectivity index (χ4v) is 5.17. The molecule has 1 aromatic heterocycles. The van der Waals surface area contributed by atoms with Crippen molar-refractivity contribution in [3.8, 4) is 5.88 Å². The van der Waals surface area contributed by atoms with Crippen LogP contribution in [0.3, 0.4) is 0 Å². The van der Waals surface area contributed by atoms with Crippen molar-refractivity contribution in [1.82, 2.24) is 14.9 Å². The first kappa shape index (κ1) is 22.3. The van der Waals surface area contributed by atoms with E-state index in [1.807, 2.05) is 47.4 Å². The molecule has 0 aliphatic carbocycles. The quantitative estimate of drug-likeness (QED) is 0.556. The zero-order chi connectivity index (χ0) is 23.7. The van der Waals surface area contributed by atoms with Crippen LogP contribution < -0.4 is 9.64 Å². The number of ether oxygens (including phenoxy) is 1. The SMILES string of the molecule is CS(=O)(=O)c1ccc2c(c1)CCN2c1cc(OC2CCN(C(=O)c3ccccc3)CC2)ncn1. The van der Waals surface area contributed by atoms with Crippen molar-refractivity contribution in [2.75, 3.05) is 30.8 Å². The summed E-state index contributed by atoms with van der Waals surface area (Å²) < 4.78 is 29.9. The van der Waals surface area contributed by atoms with Crippen molar-refractivity contribution >= 4 is 27.2 Å². The number of benzene rings is 2. The summed E-state index contributed by atoms with van der Waals surface area (Å²) in [6.45, 7) is 1.98. The first-order valence-electron chi connectivity index (χ1n) is 11.3. The fraction of sp³-hybridized carbons (Fsp3) is 0.320. The van der Waals surface area contributed by atoms with Gasteiger partial charge >= 0.3 is 0 Å². The maximum absolute atomic E-state index is 12.7. The van der Waals surface area contributed by atoms with E-state index in [1.54, 1.807) is 12.1 Å². The van der Waals surface area contributed by atoms with Crippen molar-refractivity contribution in [1.29, 1.82) is 0 Å². The lowest BCUT2D eigenvalue weighted by Crippen LogP contribution is -2.41. The summed E-state index contributed by atoms with van der Waals surface area (Å²) in [4.78, 5) is 25.6. The van der Waals surface area contributed by atoms with E-state index < -0.39 is 9.84 Å². The van der Waals surface area contributed by atoms with E-state index in [9.17, 15) is 13.2 Å². The van der Waals surface area contributed by atoms with Gasteiger partial charge in [0.2, 0.25) is 5.88 Å². The van der Waals surface area contributed by atoms with Crippen LogP contribution in [-0.4, -0.2) is 61.2 Å². The average molecular weight is 479 g/mol. The summed E-state index contributed by atoms with van der Waals surface area (Å²) in [5.74, 6) is 1.27. The summed E-state index contributed by atoms with van der Waals surface area (Å²) >= 11 is 0. The molecule has 2 aromatic carbocycles. The largest absolute Gasteiger partial charge is 0.474 e. The normalized spacial score (nSPS) is 16.4. The van der Waals surface area contributed by atoms with Gasteiger partial charge in [0.05, 0.1) is 4.90 Å². The number of fused-ring (bicyclic) bond motifs is 1. The lowest BCUT2D eigenvalue weighted by molar-refractivity contribution is 0.0588. The Balaban J connectivity index is 1.24. The van der Waals surface area contributed by atoms with Crippen LogP contribution in [0.25, 0.3) is 0 Å². The van der Waals surface area contributed by atoms with E-state index in [4.69, 9.17) is 4.74 Å². The number of hydrogen-bond acceptors (Lipinski definition) is 7. The van der Waals surface area contributed by atoms with Crippen LogP contribution in [0.5, 0.6) is 5.88 Å². The van der Waals surface area contributed by atoms with Gasteiger partial charge in [-0.15, -0.1) is 0 Å². The molecule has 8 nitrogen and oxygen atoms in total. The van der Waals surface area contributed by atoms with Gasteiger partial charge in [0.1, 0.15) is 18.2 Å². The van der Waals surface area contributed by atoms with Crippen LogP contribution in [0, 0.1) is 0 Å². The van der Waals surface area contributed by atoms with Crippen LogP contribution in [0.15, 0.2) is 65.8 Å². The maximum atomic E-state index is 12.7. The number of amides is 1. The van der Waals surface area contributed by atoms with E-state index in [0.29, 0.717) is 41.8 Å². The van der Waals surface area contributed by atoms with Gasteiger partial charge in [0.15, 0.2) is 9.84 Å². The van der Waals surface area contributed by atoms with Crippen molar-refractivity contribution < 1.29 is 17.9 Å². The highest BCUT2D eigenvalue weighted by atomic mass is 32.2. The van der Waals surface area contributed by atoms with Crippen LogP contribution >= 0.6 is 0 Å². The number of nitrogens with zero attached hydrogens (tertiary/aromatic N) is 4. The molecule has 1 fully saturated rings. The Hall–Kier alpha value is -3.46. The molecule has 2 aliphatic heterocycles. The van der Waals surface area contributed by atoms with Crippen molar-refractivity contribution in [2.24, 2.45) is 0 Å². The number of rotatable bonds is 5. The molecule has 0 spiro atoms. The highest BCUT2D eigenvalue weighted by Gasteiger charge is 2.26. The molecule has 176 valence electrons. The molecule has 0 atom stereocenters. The second-order valence-corrected chi connectivity index (χ2v) is 10.7. The molecular weight excluding hydrogens is 452 g/mol. The number of carbonyl (C=O) groups is 1. The van der Waals surface area contributed by atoms with Gasteiger partial charge in [-0.3, -0.25) is 4.79 Å². The van der Waals surface area contributed by atoms with Crippen LogP contribution in [0.2, 0.25) is 0 Å². The predicted octanol–water partition coefficient (Wildman–Crippen LogP) is 3.26. The third kappa shape index (κ3) is 4.61. The monoisotopic (exact) mass is 478 g/mol. The minimum Gasteiger partial charge on any atom is -0.474 e. The molecule has 0 saturated carbocycles. The van der Waals surface area contributed by atoms with Crippen molar-refractivity contribution in [3.05, 3.63) is 72.1 Å². The van der Waals surface area contributed by atoms with Gasteiger partial charge in [-0.25, -0.2) is 18.4 Å². The first-order valence-corrected chi connectivity index (χ1v) is 13.2. The van der Waals surface area contributed by atoms with Gasteiger partial charge in [0, 0.05) is 56.0 Å². The lowest BCUT2D eigenvalue weighted by atomic mass is 10.1. The van der Waals surface area contributed by atoms with Crippen LogP contribution in [0.4, 0.5) is 11.5 Å². The number of sulfone groups is 1. The van der Waals surface area contributed by atoms with E-state index in [0.717, 1.165) is 30.5 Å². The summed E-state index contributed by atoms with van der Waals surface area (Å²) in [5.41, 5.74) is 2.64. The van der Waals surface area contributed by atoms with Gasteiger partial charge in [-0.1, -0.05) is 18.2 Å². The lowest BCUT2D eigenvalue weighted by Gasteiger charge is -2.32. The van der Waals surface area contributed by atoms with Gasteiger partial charge in [-0.05, 0) is 42.3 Å². The molecule has 5 rings (SSSR count). The Morgan fingerprint density at radius 1 is 1.00 bits per heavy atom.